The predicted octanol–water partition coefficient (Wildman–Crippen LogP) is 2.94. The molecule has 0 aliphatic carbocycles. The maximum Gasteiger partial charge on any atom is 0.124 e. The number of nitrogen functional groups attached to an aromatic ring is 1. The Bertz CT molecular complexity index is 630. The maximum atomic E-state index is 9.51. The molecule has 2 rings (SSSR count). The Balaban J connectivity index is 2.51. The van der Waals surface area contributed by atoms with Gasteiger partial charge in [-0.2, -0.15) is 5.26 Å². The van der Waals surface area contributed by atoms with Gasteiger partial charge < -0.3 is 15.2 Å². The highest BCUT2D eigenvalue weighted by Crippen LogP contribution is 2.34. The van der Waals surface area contributed by atoms with Crippen LogP contribution in [-0.4, -0.2) is 14.2 Å². The van der Waals surface area contributed by atoms with Crippen molar-refractivity contribution in [3.05, 3.63) is 53.6 Å². The zero-order chi connectivity index (χ0) is 14.5. The summed E-state index contributed by atoms with van der Waals surface area (Å²) in [4.78, 5) is 0. The summed E-state index contributed by atoms with van der Waals surface area (Å²) >= 11 is 0. The molecule has 102 valence electrons. The van der Waals surface area contributed by atoms with E-state index in [0.717, 1.165) is 11.1 Å². The molecule has 4 nitrogen and oxygen atoms in total. The van der Waals surface area contributed by atoms with Crippen LogP contribution in [0.5, 0.6) is 11.5 Å². The Kier molecular flexibility index (Phi) is 4.11. The van der Waals surface area contributed by atoms with Crippen molar-refractivity contribution in [2.45, 2.75) is 5.92 Å². The van der Waals surface area contributed by atoms with Crippen molar-refractivity contribution in [1.29, 1.82) is 5.26 Å². The molecule has 0 aliphatic rings. The zero-order valence-corrected chi connectivity index (χ0v) is 11.5. The van der Waals surface area contributed by atoms with Crippen LogP contribution < -0.4 is 15.2 Å². The highest BCUT2D eigenvalue weighted by atomic mass is 16.5. The molecule has 0 bridgehead atoms. The van der Waals surface area contributed by atoms with Crippen LogP contribution in [0.2, 0.25) is 0 Å². The van der Waals surface area contributed by atoms with Gasteiger partial charge >= 0.3 is 0 Å². The van der Waals surface area contributed by atoms with Crippen LogP contribution in [0.1, 0.15) is 17.0 Å². The molecule has 20 heavy (non-hydrogen) atoms. The number of ether oxygens (including phenoxy) is 2. The van der Waals surface area contributed by atoms with Crippen LogP contribution in [0, 0.1) is 11.3 Å². The van der Waals surface area contributed by atoms with Crippen LogP contribution in [0.3, 0.4) is 0 Å². The topological polar surface area (TPSA) is 68.3 Å². The molecule has 0 saturated carbocycles. The van der Waals surface area contributed by atoms with Crippen molar-refractivity contribution in [2.24, 2.45) is 0 Å². The van der Waals surface area contributed by atoms with Crippen molar-refractivity contribution in [1.82, 2.24) is 0 Å². The van der Waals surface area contributed by atoms with Crippen LogP contribution in [-0.2, 0) is 0 Å². The second-order valence-electron chi connectivity index (χ2n) is 4.34. The van der Waals surface area contributed by atoms with E-state index in [1.54, 1.807) is 38.5 Å². The van der Waals surface area contributed by atoms with Gasteiger partial charge in [-0.15, -0.1) is 0 Å². The second-order valence-corrected chi connectivity index (χ2v) is 4.34. The van der Waals surface area contributed by atoms with Crippen molar-refractivity contribution < 1.29 is 9.47 Å². The van der Waals surface area contributed by atoms with Gasteiger partial charge in [-0.1, -0.05) is 12.1 Å². The third-order valence-electron chi connectivity index (χ3n) is 3.15. The summed E-state index contributed by atoms with van der Waals surface area (Å²) in [6.45, 7) is 0. The highest BCUT2D eigenvalue weighted by Gasteiger charge is 2.18. The molecular formula is C16H16N2O2. The molecule has 0 aromatic heterocycles. The number of nitrogens with two attached hydrogens (primary N) is 1. The maximum absolute atomic E-state index is 9.51. The van der Waals surface area contributed by atoms with Gasteiger partial charge in [-0.3, -0.25) is 0 Å². The highest BCUT2D eigenvalue weighted by molar-refractivity contribution is 5.51. The first-order valence-electron chi connectivity index (χ1n) is 6.16. The lowest BCUT2D eigenvalue weighted by molar-refractivity contribution is 0.398. The van der Waals surface area contributed by atoms with E-state index in [4.69, 9.17) is 15.2 Å². The van der Waals surface area contributed by atoms with E-state index in [2.05, 4.69) is 6.07 Å². The van der Waals surface area contributed by atoms with Gasteiger partial charge in [0.15, 0.2) is 0 Å². The number of nitriles is 1. The minimum Gasteiger partial charge on any atom is -0.497 e. The Labute approximate surface area is 118 Å². The SMILES string of the molecule is COc1ccc(OC)c(C(C#N)c2ccc(N)cc2)c1. The first-order chi connectivity index (χ1) is 9.69. The molecule has 4 heteroatoms. The van der Waals surface area contributed by atoms with Crippen LogP contribution >= 0.6 is 0 Å². The molecule has 0 fully saturated rings. The largest absolute Gasteiger partial charge is 0.497 e. The molecule has 0 aliphatic heterocycles. The minimum atomic E-state index is -0.430. The van der Waals surface area contributed by atoms with Gasteiger partial charge in [-0.05, 0) is 35.9 Å². The van der Waals surface area contributed by atoms with Gasteiger partial charge in [0.05, 0.1) is 26.2 Å². The fourth-order valence-corrected chi connectivity index (χ4v) is 2.08. The van der Waals surface area contributed by atoms with Gasteiger partial charge in [0.25, 0.3) is 0 Å². The number of hydrogen-bond donors (Lipinski definition) is 1. The van der Waals surface area contributed by atoms with E-state index < -0.39 is 5.92 Å². The number of hydrogen-bond acceptors (Lipinski definition) is 4. The first kappa shape index (κ1) is 13.8. The first-order valence-corrected chi connectivity index (χ1v) is 6.16. The standard InChI is InChI=1S/C16H16N2O2/c1-19-13-7-8-16(20-2)14(9-13)15(10-17)11-3-5-12(18)6-4-11/h3-9,15H,18H2,1-2H3. The summed E-state index contributed by atoms with van der Waals surface area (Å²) in [6, 6.07) is 15.0. The summed E-state index contributed by atoms with van der Waals surface area (Å²) in [5, 5.41) is 9.51. The smallest absolute Gasteiger partial charge is 0.124 e. The number of anilines is 1. The summed E-state index contributed by atoms with van der Waals surface area (Å²) in [7, 11) is 3.18. The molecule has 0 amide bonds. The summed E-state index contributed by atoms with van der Waals surface area (Å²) in [5.74, 6) is 0.923. The van der Waals surface area contributed by atoms with E-state index in [9.17, 15) is 5.26 Å². The Morgan fingerprint density at radius 2 is 1.75 bits per heavy atom. The Morgan fingerprint density at radius 1 is 1.05 bits per heavy atom. The lowest BCUT2D eigenvalue weighted by Crippen LogP contribution is -2.02. The fraction of sp³-hybridized carbons (Fsp3) is 0.188. The van der Waals surface area contributed by atoms with Crippen LogP contribution in [0.25, 0.3) is 0 Å². The molecule has 0 spiro atoms. The third-order valence-corrected chi connectivity index (χ3v) is 3.15. The van der Waals surface area contributed by atoms with Crippen molar-refractivity contribution in [3.8, 4) is 17.6 Å². The van der Waals surface area contributed by atoms with E-state index >= 15 is 0 Å². The Hall–Kier alpha value is -2.67. The van der Waals surface area contributed by atoms with Crippen molar-refractivity contribution in [2.75, 3.05) is 20.0 Å². The van der Waals surface area contributed by atoms with E-state index in [1.807, 2.05) is 18.2 Å². The molecular weight excluding hydrogens is 252 g/mol. The summed E-state index contributed by atoms with van der Waals surface area (Å²) in [5.41, 5.74) is 8.00. The number of rotatable bonds is 4. The quantitative estimate of drug-likeness (QED) is 0.866. The Morgan fingerprint density at radius 3 is 2.30 bits per heavy atom. The average Bonchev–Trinajstić information content (AvgIpc) is 2.49. The monoisotopic (exact) mass is 268 g/mol. The van der Waals surface area contributed by atoms with Gasteiger partial charge in [0.2, 0.25) is 0 Å². The van der Waals surface area contributed by atoms with Gasteiger partial charge in [-0.25, -0.2) is 0 Å². The molecule has 0 heterocycles. The van der Waals surface area contributed by atoms with E-state index in [1.165, 1.54) is 0 Å². The number of nitrogens with zero attached hydrogens (tertiary/aromatic N) is 1. The van der Waals surface area contributed by atoms with E-state index in [-0.39, 0.29) is 0 Å². The fourth-order valence-electron chi connectivity index (χ4n) is 2.08. The molecule has 1 unspecified atom stereocenters. The number of benzene rings is 2. The molecule has 2 N–H and O–H groups in total. The van der Waals surface area contributed by atoms with Gasteiger partial charge in [0, 0.05) is 11.3 Å². The summed E-state index contributed by atoms with van der Waals surface area (Å²) < 4.78 is 10.6. The molecule has 2 aromatic rings. The van der Waals surface area contributed by atoms with E-state index in [0.29, 0.717) is 17.2 Å². The lowest BCUT2D eigenvalue weighted by atomic mass is 9.91. The molecule has 0 radical (unpaired) electrons. The molecule has 0 saturated heterocycles. The normalized spacial score (nSPS) is 11.4. The van der Waals surface area contributed by atoms with Crippen molar-refractivity contribution >= 4 is 5.69 Å². The van der Waals surface area contributed by atoms with Crippen LogP contribution in [0.15, 0.2) is 42.5 Å². The lowest BCUT2D eigenvalue weighted by Gasteiger charge is -2.15. The molecule has 2 aromatic carbocycles. The van der Waals surface area contributed by atoms with Crippen LogP contribution in [0.4, 0.5) is 5.69 Å². The number of methoxy groups -OCH3 is 2. The van der Waals surface area contributed by atoms with Crippen molar-refractivity contribution in [3.63, 3.8) is 0 Å². The predicted molar refractivity (Wildman–Crippen MR) is 77.9 cm³/mol. The summed E-state index contributed by atoms with van der Waals surface area (Å²) in [6.07, 6.45) is 0. The second kappa shape index (κ2) is 5.98. The minimum absolute atomic E-state index is 0.430. The van der Waals surface area contributed by atoms with Gasteiger partial charge in [0.1, 0.15) is 11.5 Å². The average molecular weight is 268 g/mol. The zero-order valence-electron chi connectivity index (χ0n) is 11.5. The third kappa shape index (κ3) is 2.67. The molecule has 1 atom stereocenters.